The zero-order valence-electron chi connectivity index (χ0n) is 17.0. The number of hydrogen-bond acceptors (Lipinski definition) is 3. The van der Waals surface area contributed by atoms with Crippen LogP contribution in [-0.2, 0) is 0 Å². The molecule has 0 radical (unpaired) electrons. The summed E-state index contributed by atoms with van der Waals surface area (Å²) in [6, 6.07) is 24.6. The van der Waals surface area contributed by atoms with Gasteiger partial charge in [-0.1, -0.05) is 59.6 Å². The quantitative estimate of drug-likeness (QED) is 0.318. The molecule has 3 nitrogen and oxygen atoms in total. The van der Waals surface area contributed by atoms with E-state index in [0.29, 0.717) is 0 Å². The van der Waals surface area contributed by atoms with Crippen LogP contribution in [0.5, 0.6) is 0 Å². The zero-order valence-corrected chi connectivity index (χ0v) is 18.5. The van der Waals surface area contributed by atoms with Crippen LogP contribution in [0.4, 0.5) is 11.4 Å². The van der Waals surface area contributed by atoms with E-state index in [4.69, 9.17) is 23.2 Å². The normalized spacial score (nSPS) is 11.3. The predicted octanol–water partition coefficient (Wildman–Crippen LogP) is 6.76. The highest BCUT2D eigenvalue weighted by atomic mass is 35.5. The number of nitrogens with one attached hydrogen (secondary N) is 2. The van der Waals surface area contributed by atoms with Crippen molar-refractivity contribution in [2.24, 2.45) is 0 Å². The first kappa shape index (κ1) is 20.8. The molecule has 154 valence electrons. The van der Waals surface area contributed by atoms with E-state index >= 15 is 0 Å². The summed E-state index contributed by atoms with van der Waals surface area (Å²) in [6.45, 7) is 3.67. The molecule has 0 aliphatic heterocycles. The second kappa shape index (κ2) is 9.57. The Labute approximate surface area is 187 Å². The molecule has 0 bridgehead atoms. The molecule has 0 unspecified atom stereocenters. The van der Waals surface area contributed by atoms with Crippen LogP contribution in [-0.4, -0.2) is 38.1 Å². The van der Waals surface area contributed by atoms with Gasteiger partial charge in [-0.25, -0.2) is 0 Å². The maximum atomic E-state index is 6.11. The lowest BCUT2D eigenvalue weighted by atomic mass is 10.1. The lowest BCUT2D eigenvalue weighted by Crippen LogP contribution is -2.29. The van der Waals surface area contributed by atoms with E-state index in [1.165, 1.54) is 10.8 Å². The summed E-state index contributed by atoms with van der Waals surface area (Å²) in [4.78, 5) is 2.32. The summed E-state index contributed by atoms with van der Waals surface area (Å²) < 4.78 is 0. The van der Waals surface area contributed by atoms with E-state index in [9.17, 15) is 0 Å². The van der Waals surface area contributed by atoms with Crippen molar-refractivity contribution in [2.45, 2.75) is 0 Å². The van der Waals surface area contributed by atoms with Gasteiger partial charge in [-0.2, -0.15) is 0 Å². The Kier molecular flexibility index (Phi) is 6.63. The molecule has 0 saturated heterocycles. The largest absolute Gasteiger partial charge is 0.383 e. The second-order valence-electron chi connectivity index (χ2n) is 7.50. The maximum absolute atomic E-state index is 6.11. The van der Waals surface area contributed by atoms with Gasteiger partial charge < -0.3 is 15.5 Å². The molecule has 0 fully saturated rings. The third-order valence-electron chi connectivity index (χ3n) is 5.30. The molecule has 0 heterocycles. The molecule has 5 heteroatoms. The summed E-state index contributed by atoms with van der Waals surface area (Å²) in [6.07, 6.45) is 0. The van der Waals surface area contributed by atoms with Gasteiger partial charge in [0.25, 0.3) is 0 Å². The molecule has 0 atom stereocenters. The first-order valence-corrected chi connectivity index (χ1v) is 10.9. The number of likely N-dealkylation sites (N-methyl/N-ethyl adjacent to an activating group) is 1. The van der Waals surface area contributed by atoms with Crippen LogP contribution in [0.15, 0.2) is 72.8 Å². The second-order valence-corrected chi connectivity index (χ2v) is 8.37. The van der Waals surface area contributed by atoms with Gasteiger partial charge in [0.1, 0.15) is 0 Å². The maximum Gasteiger partial charge on any atom is 0.0420 e. The number of hydrogen-bond donors (Lipinski definition) is 2. The van der Waals surface area contributed by atoms with Crippen molar-refractivity contribution < 1.29 is 0 Å². The van der Waals surface area contributed by atoms with Crippen LogP contribution in [0.2, 0.25) is 10.0 Å². The third kappa shape index (κ3) is 4.99. The van der Waals surface area contributed by atoms with Crippen molar-refractivity contribution in [3.63, 3.8) is 0 Å². The summed E-state index contributed by atoms with van der Waals surface area (Å²) in [5, 5.41) is 13.3. The molecule has 2 N–H and O–H groups in total. The third-order valence-corrected chi connectivity index (χ3v) is 5.77. The van der Waals surface area contributed by atoms with Crippen molar-refractivity contribution in [2.75, 3.05) is 43.9 Å². The molecule has 0 aliphatic carbocycles. The summed E-state index contributed by atoms with van der Waals surface area (Å²) >= 11 is 12.2. The molecule has 4 aromatic carbocycles. The van der Waals surface area contributed by atoms with E-state index < -0.39 is 0 Å². The van der Waals surface area contributed by atoms with Crippen molar-refractivity contribution >= 4 is 56.1 Å². The Hall–Kier alpha value is -2.46. The molecule has 0 saturated carbocycles. The average molecular weight is 438 g/mol. The molecule has 4 rings (SSSR count). The monoisotopic (exact) mass is 437 g/mol. The van der Waals surface area contributed by atoms with Crippen molar-refractivity contribution in [1.82, 2.24) is 4.90 Å². The Morgan fingerprint density at radius 2 is 1.13 bits per heavy atom. The summed E-state index contributed by atoms with van der Waals surface area (Å²) in [5.74, 6) is 0. The Morgan fingerprint density at radius 3 is 1.60 bits per heavy atom. The average Bonchev–Trinajstić information content (AvgIpc) is 2.73. The fraction of sp³-hybridized carbons (Fsp3) is 0.200. The smallest absolute Gasteiger partial charge is 0.0420 e. The zero-order chi connectivity index (χ0) is 20.9. The molecular formula is C25H25Cl2N3. The minimum atomic E-state index is 0.765. The minimum Gasteiger partial charge on any atom is -0.383 e. The van der Waals surface area contributed by atoms with Crippen LogP contribution >= 0.6 is 23.2 Å². The molecule has 0 spiro atoms. The number of rotatable bonds is 8. The minimum absolute atomic E-state index is 0.765. The lowest BCUT2D eigenvalue weighted by molar-refractivity contribution is 0.361. The molecular weight excluding hydrogens is 413 g/mol. The topological polar surface area (TPSA) is 27.3 Å². The van der Waals surface area contributed by atoms with Gasteiger partial charge in [-0.05, 0) is 54.2 Å². The fourth-order valence-electron chi connectivity index (χ4n) is 3.69. The van der Waals surface area contributed by atoms with E-state index in [2.05, 4.69) is 71.1 Å². The number of fused-ring (bicyclic) bond motifs is 2. The number of halogens is 2. The van der Waals surface area contributed by atoms with Crippen LogP contribution < -0.4 is 10.6 Å². The first-order chi connectivity index (χ1) is 14.6. The van der Waals surface area contributed by atoms with Crippen LogP contribution in [0.1, 0.15) is 0 Å². The van der Waals surface area contributed by atoms with E-state index in [1.54, 1.807) is 0 Å². The van der Waals surface area contributed by atoms with Crippen molar-refractivity contribution in [3.05, 3.63) is 82.8 Å². The lowest BCUT2D eigenvalue weighted by Gasteiger charge is -2.19. The molecule has 30 heavy (non-hydrogen) atoms. The molecule has 0 amide bonds. The SMILES string of the molecule is CN(CCNc1cccc2cc(Cl)ccc12)CCNc1cccc2cc(Cl)ccc12. The summed E-state index contributed by atoms with van der Waals surface area (Å²) in [7, 11) is 2.15. The van der Waals surface area contributed by atoms with Gasteiger partial charge in [0.05, 0.1) is 0 Å². The van der Waals surface area contributed by atoms with E-state index in [-0.39, 0.29) is 0 Å². The Balaban J connectivity index is 1.28. The highest BCUT2D eigenvalue weighted by molar-refractivity contribution is 6.31. The van der Waals surface area contributed by atoms with Crippen LogP contribution in [0, 0.1) is 0 Å². The van der Waals surface area contributed by atoms with E-state index in [0.717, 1.165) is 58.4 Å². The highest BCUT2D eigenvalue weighted by Crippen LogP contribution is 2.27. The number of anilines is 2. The molecule has 0 aliphatic rings. The van der Waals surface area contributed by atoms with Gasteiger partial charge in [0.2, 0.25) is 0 Å². The van der Waals surface area contributed by atoms with Crippen molar-refractivity contribution in [1.29, 1.82) is 0 Å². The van der Waals surface area contributed by atoms with E-state index in [1.807, 2.05) is 24.3 Å². The van der Waals surface area contributed by atoms with Gasteiger partial charge in [0, 0.05) is 58.4 Å². The molecule has 0 aromatic heterocycles. The molecule has 4 aromatic rings. The van der Waals surface area contributed by atoms with Crippen molar-refractivity contribution in [3.8, 4) is 0 Å². The number of nitrogens with zero attached hydrogens (tertiary/aromatic N) is 1. The van der Waals surface area contributed by atoms with Crippen LogP contribution in [0.3, 0.4) is 0 Å². The predicted molar refractivity (Wildman–Crippen MR) is 132 cm³/mol. The Bertz CT molecular complexity index is 1070. The first-order valence-electron chi connectivity index (χ1n) is 10.1. The fourth-order valence-corrected chi connectivity index (χ4v) is 4.05. The van der Waals surface area contributed by atoms with Gasteiger partial charge >= 0.3 is 0 Å². The van der Waals surface area contributed by atoms with Gasteiger partial charge in [-0.15, -0.1) is 0 Å². The summed E-state index contributed by atoms with van der Waals surface area (Å²) in [5.41, 5.74) is 2.29. The van der Waals surface area contributed by atoms with Gasteiger partial charge in [0.15, 0.2) is 0 Å². The van der Waals surface area contributed by atoms with Gasteiger partial charge in [-0.3, -0.25) is 0 Å². The Morgan fingerprint density at radius 1 is 0.667 bits per heavy atom. The number of benzene rings is 4. The highest BCUT2D eigenvalue weighted by Gasteiger charge is 2.04. The van der Waals surface area contributed by atoms with Crippen LogP contribution in [0.25, 0.3) is 21.5 Å². The standard InChI is InChI=1S/C25H25Cl2N3/c1-30(14-12-28-24-6-2-4-18-16-20(26)8-10-22(18)24)15-13-29-25-7-3-5-19-17-21(27)9-11-23(19)25/h2-11,16-17,28-29H,12-15H2,1H3.